The van der Waals surface area contributed by atoms with Gasteiger partial charge in [-0.15, -0.1) is 0 Å². The number of nitrogens with one attached hydrogen (secondary N) is 2. The molecule has 0 aliphatic carbocycles. The van der Waals surface area contributed by atoms with Gasteiger partial charge in [0.25, 0.3) is 5.91 Å². The van der Waals surface area contributed by atoms with E-state index in [0.717, 1.165) is 12.3 Å². The first-order valence-corrected chi connectivity index (χ1v) is 9.81. The van der Waals surface area contributed by atoms with Crippen molar-refractivity contribution in [3.8, 4) is 0 Å². The van der Waals surface area contributed by atoms with Crippen LogP contribution in [-0.4, -0.2) is 44.2 Å². The predicted molar refractivity (Wildman–Crippen MR) is 95.9 cm³/mol. The molecule has 0 aromatic heterocycles. The molecule has 3 amide bonds. The van der Waals surface area contributed by atoms with Crippen molar-refractivity contribution in [1.29, 1.82) is 0 Å². The van der Waals surface area contributed by atoms with Crippen molar-refractivity contribution < 1.29 is 27.5 Å². The zero-order chi connectivity index (χ0) is 20.3. The van der Waals surface area contributed by atoms with Gasteiger partial charge in [-0.3, -0.25) is 10.1 Å². The number of imide groups is 1. The standard InChI is InChI=1S/C16H21ClN2O6S/c1-9(13(20)18-15(22)19-16(2,3)4)25-14(21)11-8-10(26(5,23)24)6-7-12(11)17/h6-9H,1-5H3,(H2,18,19,20,22)/t9-/m1/s1. The first-order chi connectivity index (χ1) is 11.7. The van der Waals surface area contributed by atoms with E-state index in [1.807, 2.05) is 5.32 Å². The predicted octanol–water partition coefficient (Wildman–Crippen LogP) is 1.91. The van der Waals surface area contributed by atoms with Crippen molar-refractivity contribution in [3.05, 3.63) is 28.8 Å². The molecule has 2 N–H and O–H groups in total. The summed E-state index contributed by atoms with van der Waals surface area (Å²) in [7, 11) is -3.55. The summed E-state index contributed by atoms with van der Waals surface area (Å²) in [4.78, 5) is 35.7. The van der Waals surface area contributed by atoms with E-state index in [1.54, 1.807) is 20.8 Å². The summed E-state index contributed by atoms with van der Waals surface area (Å²) in [6.07, 6.45) is -0.318. The lowest BCUT2D eigenvalue weighted by Gasteiger charge is -2.21. The molecule has 0 unspecified atom stereocenters. The summed E-state index contributed by atoms with van der Waals surface area (Å²) in [5, 5.41) is 4.54. The van der Waals surface area contributed by atoms with Gasteiger partial charge >= 0.3 is 12.0 Å². The van der Waals surface area contributed by atoms with Crippen LogP contribution in [-0.2, 0) is 19.4 Å². The molecule has 1 aromatic rings. The van der Waals surface area contributed by atoms with Crippen molar-refractivity contribution >= 4 is 39.3 Å². The van der Waals surface area contributed by atoms with Crippen LogP contribution in [0.5, 0.6) is 0 Å². The molecule has 1 rings (SSSR count). The average molecular weight is 405 g/mol. The molecule has 10 heteroatoms. The summed E-state index contributed by atoms with van der Waals surface area (Å²) in [6.45, 7) is 6.47. The van der Waals surface area contributed by atoms with Crippen molar-refractivity contribution in [2.24, 2.45) is 0 Å². The van der Waals surface area contributed by atoms with E-state index in [9.17, 15) is 22.8 Å². The van der Waals surface area contributed by atoms with Crippen LogP contribution >= 0.6 is 11.6 Å². The maximum absolute atomic E-state index is 12.2. The molecular formula is C16H21ClN2O6S. The maximum atomic E-state index is 12.2. The Balaban J connectivity index is 2.84. The number of hydrogen-bond acceptors (Lipinski definition) is 6. The monoisotopic (exact) mass is 404 g/mol. The summed E-state index contributed by atoms with van der Waals surface area (Å²) >= 11 is 5.90. The first-order valence-electron chi connectivity index (χ1n) is 7.54. The molecule has 0 bridgehead atoms. The van der Waals surface area contributed by atoms with Crippen LogP contribution in [0.3, 0.4) is 0 Å². The molecule has 144 valence electrons. The van der Waals surface area contributed by atoms with E-state index in [2.05, 4.69) is 5.32 Å². The fraction of sp³-hybridized carbons (Fsp3) is 0.438. The summed E-state index contributed by atoms with van der Waals surface area (Å²) < 4.78 is 28.1. The number of urea groups is 1. The Morgan fingerprint density at radius 3 is 2.27 bits per heavy atom. The molecule has 1 aromatic carbocycles. The van der Waals surface area contributed by atoms with Gasteiger partial charge in [0.1, 0.15) is 0 Å². The van der Waals surface area contributed by atoms with Gasteiger partial charge in [-0.25, -0.2) is 18.0 Å². The highest BCUT2D eigenvalue weighted by Crippen LogP contribution is 2.21. The maximum Gasteiger partial charge on any atom is 0.340 e. The Hall–Kier alpha value is -2.13. The van der Waals surface area contributed by atoms with Gasteiger partial charge in [0.2, 0.25) is 0 Å². The molecule has 0 heterocycles. The fourth-order valence-corrected chi connectivity index (χ4v) is 2.60. The minimum atomic E-state index is -3.55. The number of esters is 1. The number of halogens is 1. The van der Waals surface area contributed by atoms with E-state index in [-0.39, 0.29) is 15.5 Å². The minimum Gasteiger partial charge on any atom is -0.449 e. The number of carbonyl (C=O) groups excluding carboxylic acids is 3. The van der Waals surface area contributed by atoms with Crippen LogP contribution in [0.1, 0.15) is 38.1 Å². The molecule has 0 spiro atoms. The Labute approximate surface area is 157 Å². The van der Waals surface area contributed by atoms with Crippen LogP contribution in [0.4, 0.5) is 4.79 Å². The smallest absolute Gasteiger partial charge is 0.340 e. The van der Waals surface area contributed by atoms with Crippen molar-refractivity contribution in [3.63, 3.8) is 0 Å². The highest BCUT2D eigenvalue weighted by molar-refractivity contribution is 7.90. The average Bonchev–Trinajstić information content (AvgIpc) is 2.43. The van der Waals surface area contributed by atoms with E-state index >= 15 is 0 Å². The zero-order valence-corrected chi connectivity index (χ0v) is 16.6. The van der Waals surface area contributed by atoms with Gasteiger partial charge < -0.3 is 10.1 Å². The lowest BCUT2D eigenvalue weighted by molar-refractivity contribution is -0.127. The summed E-state index contributed by atoms with van der Waals surface area (Å²) in [6, 6.07) is 2.83. The van der Waals surface area contributed by atoms with Gasteiger partial charge in [0.15, 0.2) is 15.9 Å². The lowest BCUT2D eigenvalue weighted by Crippen LogP contribution is -2.50. The second-order valence-electron chi connectivity index (χ2n) is 6.65. The van der Waals surface area contributed by atoms with Gasteiger partial charge in [-0.1, -0.05) is 11.6 Å². The third-order valence-electron chi connectivity index (χ3n) is 2.96. The first kappa shape index (κ1) is 21.9. The Bertz CT molecular complexity index is 830. The molecule has 0 saturated carbocycles. The second kappa shape index (κ2) is 8.05. The van der Waals surface area contributed by atoms with E-state index in [0.29, 0.717) is 0 Å². The second-order valence-corrected chi connectivity index (χ2v) is 9.08. The Morgan fingerprint density at radius 2 is 1.77 bits per heavy atom. The summed E-state index contributed by atoms with van der Waals surface area (Å²) in [5.74, 6) is -1.82. The van der Waals surface area contributed by atoms with Crippen molar-refractivity contribution in [2.45, 2.75) is 44.2 Å². The third kappa shape index (κ3) is 6.64. The quantitative estimate of drug-likeness (QED) is 0.740. The number of rotatable bonds is 4. The summed E-state index contributed by atoms with van der Waals surface area (Å²) in [5.41, 5.74) is -0.752. The number of sulfone groups is 1. The van der Waals surface area contributed by atoms with Gasteiger partial charge in [0, 0.05) is 11.8 Å². The lowest BCUT2D eigenvalue weighted by atomic mass is 10.1. The molecule has 1 atom stereocenters. The highest BCUT2D eigenvalue weighted by Gasteiger charge is 2.24. The van der Waals surface area contributed by atoms with Crippen LogP contribution < -0.4 is 10.6 Å². The molecule has 0 aliphatic heterocycles. The molecule has 8 nitrogen and oxygen atoms in total. The van der Waals surface area contributed by atoms with Gasteiger partial charge in [0.05, 0.1) is 15.5 Å². The van der Waals surface area contributed by atoms with Crippen LogP contribution in [0.15, 0.2) is 23.1 Å². The van der Waals surface area contributed by atoms with E-state index in [1.165, 1.54) is 19.1 Å². The van der Waals surface area contributed by atoms with Gasteiger partial charge in [-0.05, 0) is 45.9 Å². The molecule has 0 radical (unpaired) electrons. The Kier molecular flexibility index (Phi) is 6.78. The van der Waals surface area contributed by atoms with Crippen LogP contribution in [0, 0.1) is 0 Å². The van der Waals surface area contributed by atoms with Gasteiger partial charge in [-0.2, -0.15) is 0 Å². The molecule has 0 fully saturated rings. The topological polar surface area (TPSA) is 119 Å². The van der Waals surface area contributed by atoms with Crippen LogP contribution in [0.25, 0.3) is 0 Å². The fourth-order valence-electron chi connectivity index (χ4n) is 1.75. The molecular weight excluding hydrogens is 384 g/mol. The number of amides is 3. The number of ether oxygens (including phenoxy) is 1. The van der Waals surface area contributed by atoms with Crippen LogP contribution in [0.2, 0.25) is 5.02 Å². The molecule has 26 heavy (non-hydrogen) atoms. The molecule has 0 saturated heterocycles. The SMILES string of the molecule is C[C@@H](OC(=O)c1cc(S(C)(=O)=O)ccc1Cl)C(=O)NC(=O)NC(C)(C)C. The van der Waals surface area contributed by atoms with E-state index < -0.39 is 39.4 Å². The number of hydrogen-bond donors (Lipinski definition) is 2. The number of benzene rings is 1. The highest BCUT2D eigenvalue weighted by atomic mass is 35.5. The zero-order valence-electron chi connectivity index (χ0n) is 15.0. The number of carbonyl (C=O) groups is 3. The van der Waals surface area contributed by atoms with Crippen molar-refractivity contribution in [1.82, 2.24) is 10.6 Å². The minimum absolute atomic E-state index is 0.0273. The third-order valence-corrected chi connectivity index (χ3v) is 4.40. The molecule has 0 aliphatic rings. The van der Waals surface area contributed by atoms with Crippen molar-refractivity contribution in [2.75, 3.05) is 6.26 Å². The normalized spacial score (nSPS) is 12.8. The van der Waals surface area contributed by atoms with E-state index in [4.69, 9.17) is 16.3 Å². The largest absolute Gasteiger partial charge is 0.449 e. The Morgan fingerprint density at radius 1 is 1.19 bits per heavy atom.